The summed E-state index contributed by atoms with van der Waals surface area (Å²) in [5, 5.41) is 10.0. The molecule has 0 aliphatic carbocycles. The van der Waals surface area contributed by atoms with Gasteiger partial charge in [0.25, 0.3) is 0 Å². The van der Waals surface area contributed by atoms with Crippen LogP contribution in [0.25, 0.3) is 0 Å². The molecule has 0 aliphatic rings. The van der Waals surface area contributed by atoms with E-state index in [4.69, 9.17) is 0 Å². The normalized spacial score (nSPS) is 11.8. The van der Waals surface area contributed by atoms with E-state index in [2.05, 4.69) is 30.9 Å². The number of benzene rings is 1. The van der Waals surface area contributed by atoms with Gasteiger partial charge in [-0.2, -0.15) is 0 Å². The van der Waals surface area contributed by atoms with Crippen LogP contribution in [0.2, 0.25) is 0 Å². The zero-order chi connectivity index (χ0) is 11.4. The van der Waals surface area contributed by atoms with Crippen LogP contribution >= 0.6 is 0 Å². The van der Waals surface area contributed by atoms with Crippen LogP contribution < -0.4 is 0 Å². The molecule has 0 saturated heterocycles. The van der Waals surface area contributed by atoms with Crippen molar-refractivity contribution in [2.45, 2.75) is 40.2 Å². The van der Waals surface area contributed by atoms with E-state index in [9.17, 15) is 5.11 Å². The number of rotatable bonds is 2. The summed E-state index contributed by atoms with van der Waals surface area (Å²) in [5.74, 6) is 5.72. The molecule has 0 spiro atoms. The summed E-state index contributed by atoms with van der Waals surface area (Å²) in [7, 11) is 0. The number of aryl methyl sites for hydroxylation is 3. The molecule has 1 heteroatoms. The lowest BCUT2D eigenvalue weighted by molar-refractivity contribution is 0.182. The monoisotopic (exact) mass is 202 g/mol. The predicted molar refractivity (Wildman–Crippen MR) is 63.7 cm³/mol. The maximum absolute atomic E-state index is 10.0. The quantitative estimate of drug-likeness (QED) is 0.731. The molecule has 0 heterocycles. The van der Waals surface area contributed by atoms with Gasteiger partial charge in [-0.25, -0.2) is 0 Å². The lowest BCUT2D eigenvalue weighted by Crippen LogP contribution is -2.02. The van der Waals surface area contributed by atoms with Gasteiger partial charge in [-0.15, -0.1) is 11.8 Å². The van der Waals surface area contributed by atoms with Crippen molar-refractivity contribution in [1.82, 2.24) is 0 Å². The van der Waals surface area contributed by atoms with E-state index in [0.717, 1.165) is 16.7 Å². The number of hydrogen-bond acceptors (Lipinski definition) is 1. The van der Waals surface area contributed by atoms with Crippen molar-refractivity contribution in [2.75, 3.05) is 0 Å². The molecule has 1 aromatic rings. The minimum atomic E-state index is -0.460. The van der Waals surface area contributed by atoms with Gasteiger partial charge in [0.2, 0.25) is 0 Å². The number of hydrogen-bond donors (Lipinski definition) is 1. The molecule has 0 aromatic heterocycles. The standard InChI is InChI=1S/C14H18O/c1-5-6-7-13(15)14-11(3)8-10(2)9-12(14)4/h8-9,13,15H,7H2,1-4H3. The molecule has 0 radical (unpaired) electrons. The Kier molecular flexibility index (Phi) is 3.94. The Morgan fingerprint density at radius 3 is 2.20 bits per heavy atom. The van der Waals surface area contributed by atoms with Crippen LogP contribution in [0.3, 0.4) is 0 Å². The van der Waals surface area contributed by atoms with Gasteiger partial charge in [-0.1, -0.05) is 17.7 Å². The first-order valence-corrected chi connectivity index (χ1v) is 5.21. The van der Waals surface area contributed by atoms with Crippen molar-refractivity contribution in [3.05, 3.63) is 34.4 Å². The van der Waals surface area contributed by atoms with Gasteiger partial charge in [-0.05, 0) is 44.4 Å². The van der Waals surface area contributed by atoms with Crippen molar-refractivity contribution >= 4 is 0 Å². The molecule has 80 valence electrons. The first-order chi connectivity index (χ1) is 7.06. The van der Waals surface area contributed by atoms with Crippen LogP contribution in [-0.2, 0) is 0 Å². The first-order valence-electron chi connectivity index (χ1n) is 5.21. The SMILES string of the molecule is CC#CCC(O)c1c(C)cc(C)cc1C. The molecule has 0 saturated carbocycles. The van der Waals surface area contributed by atoms with E-state index >= 15 is 0 Å². The fraction of sp³-hybridized carbons (Fsp3) is 0.429. The first kappa shape index (κ1) is 11.8. The minimum absolute atomic E-state index is 0.460. The second-order valence-electron chi connectivity index (χ2n) is 3.96. The second-order valence-corrected chi connectivity index (χ2v) is 3.96. The van der Waals surface area contributed by atoms with Crippen LogP contribution in [0.1, 0.15) is 41.7 Å². The van der Waals surface area contributed by atoms with Crippen LogP contribution in [-0.4, -0.2) is 5.11 Å². The Labute approximate surface area is 92.1 Å². The largest absolute Gasteiger partial charge is 0.387 e. The highest BCUT2D eigenvalue weighted by molar-refractivity contribution is 5.39. The van der Waals surface area contributed by atoms with Gasteiger partial charge in [0.15, 0.2) is 0 Å². The van der Waals surface area contributed by atoms with E-state index in [-0.39, 0.29) is 0 Å². The number of aliphatic hydroxyl groups excluding tert-OH is 1. The molecular weight excluding hydrogens is 184 g/mol. The van der Waals surface area contributed by atoms with Gasteiger partial charge in [0, 0.05) is 6.42 Å². The third-order valence-electron chi connectivity index (χ3n) is 2.54. The number of aliphatic hydroxyl groups is 1. The molecule has 1 aromatic carbocycles. The molecule has 0 amide bonds. The molecule has 1 N–H and O–H groups in total. The van der Waals surface area contributed by atoms with Gasteiger partial charge >= 0.3 is 0 Å². The Morgan fingerprint density at radius 1 is 1.20 bits per heavy atom. The Balaban J connectivity index is 3.06. The molecule has 1 atom stereocenters. The fourth-order valence-corrected chi connectivity index (χ4v) is 2.02. The van der Waals surface area contributed by atoms with Crippen molar-refractivity contribution in [3.8, 4) is 11.8 Å². The minimum Gasteiger partial charge on any atom is -0.387 e. The highest BCUT2D eigenvalue weighted by Gasteiger charge is 2.12. The van der Waals surface area contributed by atoms with Crippen LogP contribution in [0.4, 0.5) is 0 Å². The zero-order valence-electron chi connectivity index (χ0n) is 9.89. The zero-order valence-corrected chi connectivity index (χ0v) is 9.89. The van der Waals surface area contributed by atoms with E-state index in [0.29, 0.717) is 6.42 Å². The summed E-state index contributed by atoms with van der Waals surface area (Å²) < 4.78 is 0. The van der Waals surface area contributed by atoms with Crippen LogP contribution in [0.5, 0.6) is 0 Å². The van der Waals surface area contributed by atoms with E-state index in [1.807, 2.05) is 13.8 Å². The summed E-state index contributed by atoms with van der Waals surface area (Å²) in [6.07, 6.45) is 0.0550. The molecular formula is C14H18O. The van der Waals surface area contributed by atoms with Crippen LogP contribution in [0, 0.1) is 32.6 Å². The predicted octanol–water partition coefficient (Wildman–Crippen LogP) is 3.06. The van der Waals surface area contributed by atoms with E-state index in [1.165, 1.54) is 5.56 Å². The molecule has 0 bridgehead atoms. The molecule has 1 nitrogen and oxygen atoms in total. The van der Waals surface area contributed by atoms with Crippen molar-refractivity contribution < 1.29 is 5.11 Å². The Bertz CT molecular complexity index is 384. The summed E-state index contributed by atoms with van der Waals surface area (Å²) in [6, 6.07) is 4.20. The molecule has 15 heavy (non-hydrogen) atoms. The van der Waals surface area contributed by atoms with Crippen molar-refractivity contribution in [3.63, 3.8) is 0 Å². The summed E-state index contributed by atoms with van der Waals surface area (Å²) in [6.45, 7) is 7.94. The molecule has 1 rings (SSSR count). The highest BCUT2D eigenvalue weighted by Crippen LogP contribution is 2.25. The summed E-state index contributed by atoms with van der Waals surface area (Å²) >= 11 is 0. The molecule has 1 unspecified atom stereocenters. The average molecular weight is 202 g/mol. The van der Waals surface area contributed by atoms with E-state index < -0.39 is 6.10 Å². The lowest BCUT2D eigenvalue weighted by Gasteiger charge is -2.15. The van der Waals surface area contributed by atoms with Crippen molar-refractivity contribution in [2.24, 2.45) is 0 Å². The van der Waals surface area contributed by atoms with Crippen LogP contribution in [0.15, 0.2) is 12.1 Å². The van der Waals surface area contributed by atoms with Gasteiger partial charge in [0.1, 0.15) is 0 Å². The second kappa shape index (κ2) is 5.00. The molecule has 0 fully saturated rings. The van der Waals surface area contributed by atoms with Gasteiger partial charge in [-0.3, -0.25) is 0 Å². The summed E-state index contributed by atoms with van der Waals surface area (Å²) in [4.78, 5) is 0. The topological polar surface area (TPSA) is 20.2 Å². The molecule has 0 aliphatic heterocycles. The van der Waals surface area contributed by atoms with E-state index in [1.54, 1.807) is 6.92 Å². The van der Waals surface area contributed by atoms with Crippen molar-refractivity contribution in [1.29, 1.82) is 0 Å². The maximum Gasteiger partial charge on any atom is 0.0904 e. The smallest absolute Gasteiger partial charge is 0.0904 e. The van der Waals surface area contributed by atoms with Gasteiger partial charge < -0.3 is 5.11 Å². The summed E-state index contributed by atoms with van der Waals surface area (Å²) in [5.41, 5.74) is 4.57. The maximum atomic E-state index is 10.0. The lowest BCUT2D eigenvalue weighted by atomic mass is 9.94. The van der Waals surface area contributed by atoms with Gasteiger partial charge in [0.05, 0.1) is 6.10 Å². The third kappa shape index (κ3) is 2.84. The Hall–Kier alpha value is -1.26. The third-order valence-corrected chi connectivity index (χ3v) is 2.54. The highest BCUT2D eigenvalue weighted by atomic mass is 16.3. The Morgan fingerprint density at radius 2 is 1.73 bits per heavy atom. The average Bonchev–Trinajstić information content (AvgIpc) is 2.12. The fourth-order valence-electron chi connectivity index (χ4n) is 2.02.